The molecule has 4 fully saturated rings. The highest BCUT2D eigenvalue weighted by molar-refractivity contribution is 6.31. The van der Waals surface area contributed by atoms with E-state index in [-0.39, 0.29) is 6.09 Å². The smallest absolute Gasteiger partial charge is 0.410 e. The maximum atomic E-state index is 12.2. The van der Waals surface area contributed by atoms with Gasteiger partial charge in [-0.15, -0.1) is 0 Å². The molecule has 0 saturated carbocycles. The molecule has 0 unspecified atom stereocenters. The van der Waals surface area contributed by atoms with Crippen molar-refractivity contribution in [1.82, 2.24) is 20.0 Å². The minimum atomic E-state index is -0.456. The molecule has 2 aromatic rings. The Kier molecular flexibility index (Phi) is 13.3. The third kappa shape index (κ3) is 11.1. The number of piperazine rings is 2. The number of carbonyl (C=O) groups is 1. The van der Waals surface area contributed by atoms with Gasteiger partial charge in [-0.2, -0.15) is 0 Å². The Morgan fingerprint density at radius 2 is 1.15 bits per heavy atom. The second-order valence-electron chi connectivity index (χ2n) is 13.5. The average Bonchev–Trinajstić information content (AvgIpc) is 3.06. The van der Waals surface area contributed by atoms with Crippen molar-refractivity contribution in [2.45, 2.75) is 39.5 Å². The Balaban J connectivity index is 0.000000193. The number of amides is 1. The summed E-state index contributed by atoms with van der Waals surface area (Å²) in [5.74, 6) is 0. The first kappa shape index (κ1) is 36.0. The molecule has 2 aromatic carbocycles. The zero-order valence-corrected chi connectivity index (χ0v) is 29.8. The molecule has 0 spiro atoms. The van der Waals surface area contributed by atoms with E-state index in [1.165, 1.54) is 22.5 Å². The number of ether oxygens (including phenoxy) is 3. The van der Waals surface area contributed by atoms with Crippen molar-refractivity contribution in [2.75, 3.05) is 115 Å². The van der Waals surface area contributed by atoms with Gasteiger partial charge in [-0.3, -0.25) is 9.80 Å². The summed E-state index contributed by atoms with van der Waals surface area (Å²) in [7, 11) is 0. The summed E-state index contributed by atoms with van der Waals surface area (Å²) in [4.78, 5) is 23.7. The van der Waals surface area contributed by atoms with Gasteiger partial charge >= 0.3 is 6.09 Å². The highest BCUT2D eigenvalue weighted by Crippen LogP contribution is 2.28. The lowest BCUT2D eigenvalue weighted by molar-refractivity contribution is 0.0139. The van der Waals surface area contributed by atoms with Gasteiger partial charge < -0.3 is 34.2 Å². The van der Waals surface area contributed by atoms with Crippen molar-refractivity contribution in [1.29, 1.82) is 0 Å². The van der Waals surface area contributed by atoms with Crippen molar-refractivity contribution < 1.29 is 19.0 Å². The monoisotopic (exact) mass is 690 g/mol. The minimum absolute atomic E-state index is 0.223. The zero-order valence-electron chi connectivity index (χ0n) is 28.3. The normalized spacial score (nSPS) is 20.1. The van der Waals surface area contributed by atoms with E-state index < -0.39 is 5.60 Å². The lowest BCUT2D eigenvalue weighted by atomic mass is 10.1. The number of hydrogen-bond acceptors (Lipinski definition) is 9. The number of rotatable bonds is 6. The Morgan fingerprint density at radius 3 is 1.60 bits per heavy atom. The van der Waals surface area contributed by atoms with Gasteiger partial charge in [0.2, 0.25) is 0 Å². The van der Waals surface area contributed by atoms with Crippen LogP contribution in [0.3, 0.4) is 0 Å². The van der Waals surface area contributed by atoms with E-state index in [4.69, 9.17) is 37.4 Å². The van der Waals surface area contributed by atoms with Gasteiger partial charge in [0.15, 0.2) is 0 Å². The predicted molar refractivity (Wildman–Crippen MR) is 190 cm³/mol. The van der Waals surface area contributed by atoms with E-state index >= 15 is 0 Å². The number of nitrogens with zero attached hydrogens (tertiary/aromatic N) is 5. The topological polar surface area (TPSA) is 73.0 Å². The standard InChI is InChI=1S/C20H30ClN3O3.C15H22ClN3O/c1-20(2,3)27-19(25)24-8-6-22(7-9-24)15-16-14-17(21)4-5-18(16)23-10-12-26-13-11-23;16-14-1-2-15(19-7-9-20-10-8-19)13(11-14)12-18-5-3-17-4-6-18/h4-5,14H,6-13,15H2,1-3H3;1-2,11,17H,3-10,12H2. The van der Waals surface area contributed by atoms with Crippen molar-refractivity contribution in [3.8, 4) is 0 Å². The Morgan fingerprint density at radius 1 is 0.702 bits per heavy atom. The molecule has 1 amide bonds. The largest absolute Gasteiger partial charge is 0.444 e. The summed E-state index contributed by atoms with van der Waals surface area (Å²) in [6.45, 7) is 21.8. The van der Waals surface area contributed by atoms with E-state index in [0.29, 0.717) is 13.1 Å². The van der Waals surface area contributed by atoms with Crippen molar-refractivity contribution in [3.63, 3.8) is 0 Å². The summed E-state index contributed by atoms with van der Waals surface area (Å²) >= 11 is 12.5. The number of carbonyl (C=O) groups excluding carboxylic acids is 1. The quantitative estimate of drug-likeness (QED) is 0.460. The minimum Gasteiger partial charge on any atom is -0.444 e. The highest BCUT2D eigenvalue weighted by atomic mass is 35.5. The van der Waals surface area contributed by atoms with Crippen LogP contribution in [0.4, 0.5) is 16.2 Å². The summed E-state index contributed by atoms with van der Waals surface area (Å²) in [6, 6.07) is 12.4. The first-order chi connectivity index (χ1) is 22.6. The lowest BCUT2D eigenvalue weighted by Crippen LogP contribution is -2.49. The summed E-state index contributed by atoms with van der Waals surface area (Å²) in [5.41, 5.74) is 4.66. The van der Waals surface area contributed by atoms with E-state index in [0.717, 1.165) is 115 Å². The van der Waals surface area contributed by atoms with Crippen LogP contribution in [-0.4, -0.2) is 131 Å². The average molecular weight is 692 g/mol. The number of anilines is 2. The molecule has 6 rings (SSSR count). The fraction of sp³-hybridized carbons (Fsp3) is 0.629. The molecular formula is C35H52Cl2N6O4. The first-order valence-electron chi connectivity index (χ1n) is 17.0. The number of hydrogen-bond donors (Lipinski definition) is 1. The fourth-order valence-corrected chi connectivity index (χ4v) is 6.74. The molecular weight excluding hydrogens is 639 g/mol. The van der Waals surface area contributed by atoms with Crippen molar-refractivity contribution in [2.24, 2.45) is 0 Å². The third-order valence-corrected chi connectivity index (χ3v) is 9.28. The van der Waals surface area contributed by atoms with E-state index in [1.54, 1.807) is 4.90 Å². The van der Waals surface area contributed by atoms with Gasteiger partial charge in [0, 0.05) is 113 Å². The molecule has 0 aliphatic carbocycles. The van der Waals surface area contributed by atoms with Gasteiger partial charge in [-0.1, -0.05) is 23.2 Å². The molecule has 4 saturated heterocycles. The Bertz CT molecular complexity index is 1290. The molecule has 4 aliphatic heterocycles. The molecule has 4 heterocycles. The fourth-order valence-electron chi connectivity index (χ4n) is 6.35. The van der Waals surface area contributed by atoms with Crippen LogP contribution in [0.15, 0.2) is 36.4 Å². The maximum absolute atomic E-state index is 12.2. The van der Waals surface area contributed by atoms with E-state index in [2.05, 4.69) is 49.2 Å². The van der Waals surface area contributed by atoms with Crippen LogP contribution in [0.25, 0.3) is 0 Å². The van der Waals surface area contributed by atoms with Crippen LogP contribution in [0.2, 0.25) is 10.0 Å². The molecule has 0 atom stereocenters. The van der Waals surface area contributed by atoms with Crippen LogP contribution in [0.1, 0.15) is 31.9 Å². The summed E-state index contributed by atoms with van der Waals surface area (Å²) in [6.07, 6.45) is -0.223. The summed E-state index contributed by atoms with van der Waals surface area (Å²) in [5, 5.41) is 4.98. The van der Waals surface area contributed by atoms with Gasteiger partial charge in [-0.05, 0) is 68.3 Å². The zero-order chi connectivity index (χ0) is 33.2. The lowest BCUT2D eigenvalue weighted by Gasteiger charge is -2.37. The first-order valence-corrected chi connectivity index (χ1v) is 17.8. The SMILES string of the molecule is CC(C)(C)OC(=O)N1CCN(Cc2cc(Cl)ccc2N2CCOCC2)CC1.Clc1ccc(N2CCOCC2)c(CN2CCNCC2)c1. The van der Waals surface area contributed by atoms with Gasteiger partial charge in [0.1, 0.15) is 5.60 Å². The number of benzene rings is 2. The molecule has 0 aromatic heterocycles. The molecule has 1 N–H and O–H groups in total. The molecule has 47 heavy (non-hydrogen) atoms. The van der Waals surface area contributed by atoms with Gasteiger partial charge in [0.25, 0.3) is 0 Å². The molecule has 0 radical (unpaired) electrons. The molecule has 0 bridgehead atoms. The van der Waals surface area contributed by atoms with E-state index in [1.807, 2.05) is 32.9 Å². The van der Waals surface area contributed by atoms with Crippen LogP contribution in [0, 0.1) is 0 Å². The second kappa shape index (κ2) is 17.4. The number of morpholine rings is 2. The number of nitrogens with one attached hydrogen (secondary N) is 1. The molecule has 4 aliphatic rings. The Hall–Kier alpha value is -2.31. The van der Waals surface area contributed by atoms with E-state index in [9.17, 15) is 4.79 Å². The third-order valence-electron chi connectivity index (χ3n) is 8.81. The highest BCUT2D eigenvalue weighted by Gasteiger charge is 2.27. The van der Waals surface area contributed by atoms with Gasteiger partial charge in [0.05, 0.1) is 26.4 Å². The van der Waals surface area contributed by atoms with Crippen LogP contribution < -0.4 is 15.1 Å². The molecule has 260 valence electrons. The van der Waals surface area contributed by atoms with Crippen molar-refractivity contribution >= 4 is 40.7 Å². The second-order valence-corrected chi connectivity index (χ2v) is 14.4. The predicted octanol–water partition coefficient (Wildman–Crippen LogP) is 4.81. The van der Waals surface area contributed by atoms with Crippen LogP contribution >= 0.6 is 23.2 Å². The van der Waals surface area contributed by atoms with Crippen molar-refractivity contribution in [3.05, 3.63) is 57.6 Å². The summed E-state index contributed by atoms with van der Waals surface area (Å²) < 4.78 is 16.4. The molecule has 10 nitrogen and oxygen atoms in total. The van der Waals surface area contributed by atoms with Crippen LogP contribution in [0.5, 0.6) is 0 Å². The molecule has 12 heteroatoms. The van der Waals surface area contributed by atoms with Crippen LogP contribution in [-0.2, 0) is 27.3 Å². The number of halogens is 2. The van der Waals surface area contributed by atoms with Gasteiger partial charge in [-0.25, -0.2) is 4.79 Å². The Labute approximate surface area is 290 Å². The maximum Gasteiger partial charge on any atom is 0.410 e.